The summed E-state index contributed by atoms with van der Waals surface area (Å²) in [6.07, 6.45) is 0.856. The Morgan fingerprint density at radius 3 is 2.30 bits per heavy atom. The molecule has 0 aliphatic carbocycles. The molecule has 0 bridgehead atoms. The van der Waals surface area contributed by atoms with E-state index in [1.54, 1.807) is 19.1 Å². The number of carboxylic acid groups (broad SMARTS) is 1. The van der Waals surface area contributed by atoms with Crippen molar-refractivity contribution in [2.45, 2.75) is 77.9 Å². The average molecular weight is 597 g/mol. The number of nitrogens with zero attached hydrogens (tertiary/aromatic N) is 2. The van der Waals surface area contributed by atoms with Gasteiger partial charge in [0.15, 0.2) is 11.6 Å². The van der Waals surface area contributed by atoms with E-state index in [0.29, 0.717) is 43.6 Å². The molecule has 2 atom stereocenters. The lowest BCUT2D eigenvalue weighted by Gasteiger charge is -2.34. The molecule has 2 aromatic carbocycles. The maximum absolute atomic E-state index is 15.7. The Labute approximate surface area is 250 Å². The Balaban J connectivity index is 1.69. The van der Waals surface area contributed by atoms with Gasteiger partial charge in [-0.05, 0) is 90.8 Å². The number of carboxylic acids is 1. The van der Waals surface area contributed by atoms with Crippen LogP contribution in [0.3, 0.4) is 0 Å². The molecule has 2 heterocycles. The fraction of sp³-hybridized carbons (Fsp3) is 0.441. The Kier molecular flexibility index (Phi) is 10.3. The van der Waals surface area contributed by atoms with Crippen LogP contribution in [0, 0.1) is 32.4 Å². The van der Waals surface area contributed by atoms with Gasteiger partial charge in [0.1, 0.15) is 12.0 Å². The quantitative estimate of drug-likeness (QED) is 0.245. The highest BCUT2D eigenvalue weighted by Crippen LogP contribution is 2.36. The summed E-state index contributed by atoms with van der Waals surface area (Å²) < 4.78 is 44.8. The van der Waals surface area contributed by atoms with Crippen molar-refractivity contribution >= 4 is 11.8 Å². The minimum atomic E-state index is -1.19. The molecule has 0 spiro atoms. The van der Waals surface area contributed by atoms with Gasteiger partial charge in [0.2, 0.25) is 0 Å². The predicted molar refractivity (Wildman–Crippen MR) is 160 cm³/mol. The van der Waals surface area contributed by atoms with Crippen LogP contribution in [-0.2, 0) is 16.0 Å². The topological polar surface area (TPSA) is 79.6 Å². The molecule has 6 nitrogen and oxygen atoms in total. The van der Waals surface area contributed by atoms with Crippen molar-refractivity contribution < 1.29 is 27.9 Å². The third-order valence-corrected chi connectivity index (χ3v) is 8.32. The summed E-state index contributed by atoms with van der Waals surface area (Å²) in [5.41, 5.74) is 3.60. The van der Waals surface area contributed by atoms with Gasteiger partial charge in [-0.1, -0.05) is 31.5 Å². The normalized spacial score (nSPS) is 15.2. The molecule has 4 rings (SSSR count). The lowest BCUT2D eigenvalue weighted by Crippen LogP contribution is -2.49. The van der Waals surface area contributed by atoms with Crippen LogP contribution in [-0.4, -0.2) is 52.1 Å². The molecule has 43 heavy (non-hydrogen) atoms. The van der Waals surface area contributed by atoms with Crippen molar-refractivity contribution in [2.24, 2.45) is 0 Å². The van der Waals surface area contributed by atoms with Crippen molar-refractivity contribution in [1.29, 1.82) is 0 Å². The number of ketones is 1. The van der Waals surface area contributed by atoms with E-state index < -0.39 is 53.5 Å². The highest BCUT2D eigenvalue weighted by atomic mass is 19.1. The standard InChI is InChI=1S/C34H39F3N2O4/c1-5-7-29(39-17-23(13-28(36)34(39)43)10-11-38-18-26(35)19-38)30(40)15-24(16-31(41)42)27-14-25(12-22(4)33(27)37)32-20(2)8-6-9-21(32)3/h6,8-9,12-14,17,24,26,29H,5,7,10-11,15-16,18-19H2,1-4H3,(H,41,42)/t24-,29?/m0/s1. The number of rotatable bonds is 13. The fourth-order valence-electron chi connectivity index (χ4n) is 6.09. The number of aryl methyl sites for hydroxylation is 3. The van der Waals surface area contributed by atoms with E-state index >= 15 is 4.39 Å². The number of aliphatic carboxylic acids is 1. The van der Waals surface area contributed by atoms with Gasteiger partial charge in [-0.25, -0.2) is 13.2 Å². The zero-order chi connectivity index (χ0) is 31.4. The van der Waals surface area contributed by atoms with Crippen LogP contribution in [0.25, 0.3) is 11.1 Å². The summed E-state index contributed by atoms with van der Waals surface area (Å²) >= 11 is 0. The molecular weight excluding hydrogens is 557 g/mol. The first-order chi connectivity index (χ1) is 20.4. The molecule has 1 aliphatic heterocycles. The number of hydrogen-bond donors (Lipinski definition) is 1. The van der Waals surface area contributed by atoms with Gasteiger partial charge in [-0.3, -0.25) is 19.3 Å². The number of carbonyl (C=O) groups is 2. The Bertz CT molecular complexity index is 1540. The van der Waals surface area contributed by atoms with E-state index in [-0.39, 0.29) is 18.4 Å². The van der Waals surface area contributed by atoms with Gasteiger partial charge >= 0.3 is 5.97 Å². The van der Waals surface area contributed by atoms with Gasteiger partial charge < -0.3 is 9.67 Å². The molecule has 9 heteroatoms. The van der Waals surface area contributed by atoms with E-state index in [9.17, 15) is 28.3 Å². The van der Waals surface area contributed by atoms with Crippen LogP contribution in [0.5, 0.6) is 0 Å². The second kappa shape index (κ2) is 13.7. The van der Waals surface area contributed by atoms with Crippen molar-refractivity contribution in [3.05, 3.63) is 92.4 Å². The number of benzene rings is 2. The predicted octanol–water partition coefficient (Wildman–Crippen LogP) is 6.47. The second-order valence-corrected chi connectivity index (χ2v) is 11.7. The van der Waals surface area contributed by atoms with Gasteiger partial charge in [0, 0.05) is 38.2 Å². The van der Waals surface area contributed by atoms with Crippen LogP contribution < -0.4 is 5.56 Å². The average Bonchev–Trinajstić information content (AvgIpc) is 2.92. The number of Topliss-reactive ketones (excluding diaryl/α,β-unsaturated/α-hetero) is 1. The van der Waals surface area contributed by atoms with Crippen LogP contribution in [0.1, 0.15) is 72.4 Å². The van der Waals surface area contributed by atoms with Gasteiger partial charge in [0.25, 0.3) is 5.56 Å². The van der Waals surface area contributed by atoms with Crippen molar-refractivity contribution in [2.75, 3.05) is 19.6 Å². The monoisotopic (exact) mass is 596 g/mol. The van der Waals surface area contributed by atoms with Crippen molar-refractivity contribution in [3.63, 3.8) is 0 Å². The highest BCUT2D eigenvalue weighted by Gasteiger charge is 2.30. The molecule has 0 radical (unpaired) electrons. The zero-order valence-electron chi connectivity index (χ0n) is 25.1. The number of likely N-dealkylation sites (tertiary alicyclic amines) is 1. The maximum atomic E-state index is 15.7. The smallest absolute Gasteiger partial charge is 0.303 e. The summed E-state index contributed by atoms with van der Waals surface area (Å²) in [7, 11) is 0. The number of halogens is 3. The highest BCUT2D eigenvalue weighted by molar-refractivity contribution is 5.84. The minimum Gasteiger partial charge on any atom is -0.481 e. The molecule has 3 aromatic rings. The fourth-order valence-corrected chi connectivity index (χ4v) is 6.09. The van der Waals surface area contributed by atoms with E-state index in [2.05, 4.69) is 0 Å². The summed E-state index contributed by atoms with van der Waals surface area (Å²) in [6, 6.07) is 9.25. The van der Waals surface area contributed by atoms with Crippen molar-refractivity contribution in [1.82, 2.24) is 9.47 Å². The first-order valence-electron chi connectivity index (χ1n) is 14.8. The van der Waals surface area contributed by atoms with E-state index in [0.717, 1.165) is 32.9 Å². The Morgan fingerprint density at radius 1 is 1.02 bits per heavy atom. The number of alkyl halides is 1. The van der Waals surface area contributed by atoms with Crippen molar-refractivity contribution in [3.8, 4) is 11.1 Å². The molecule has 1 saturated heterocycles. The first kappa shape index (κ1) is 32.2. The molecular formula is C34H39F3N2O4. The van der Waals surface area contributed by atoms with Gasteiger partial charge in [0.05, 0.1) is 12.5 Å². The molecule has 1 N–H and O–H groups in total. The Morgan fingerprint density at radius 2 is 1.70 bits per heavy atom. The van der Waals surface area contributed by atoms with Crippen LogP contribution in [0.4, 0.5) is 13.2 Å². The number of hydrogen-bond acceptors (Lipinski definition) is 4. The number of aromatic nitrogens is 1. The summed E-state index contributed by atoms with van der Waals surface area (Å²) in [5.74, 6) is -4.23. The van der Waals surface area contributed by atoms with Crippen LogP contribution in [0.15, 0.2) is 47.4 Å². The van der Waals surface area contributed by atoms with E-state index in [1.165, 1.54) is 6.20 Å². The van der Waals surface area contributed by atoms with E-state index in [4.69, 9.17) is 0 Å². The third kappa shape index (κ3) is 7.44. The molecule has 1 fully saturated rings. The zero-order valence-corrected chi connectivity index (χ0v) is 25.1. The lowest BCUT2D eigenvalue weighted by atomic mass is 9.84. The Hall–Kier alpha value is -3.72. The SMILES string of the molecule is CCCC(C(=O)C[C@@H](CC(=O)O)c1cc(-c2c(C)cccc2C)cc(C)c1F)n1cc(CCN2CC(F)C2)cc(F)c1=O. The maximum Gasteiger partial charge on any atom is 0.303 e. The number of carbonyl (C=O) groups excluding carboxylic acids is 1. The van der Waals surface area contributed by atoms with Gasteiger partial charge in [-0.2, -0.15) is 0 Å². The van der Waals surface area contributed by atoms with Crippen LogP contribution >= 0.6 is 0 Å². The molecule has 230 valence electrons. The largest absolute Gasteiger partial charge is 0.481 e. The molecule has 1 unspecified atom stereocenters. The minimum absolute atomic E-state index is 0.122. The molecule has 0 saturated carbocycles. The molecule has 1 aliphatic rings. The third-order valence-electron chi connectivity index (χ3n) is 8.32. The van der Waals surface area contributed by atoms with Crippen LogP contribution in [0.2, 0.25) is 0 Å². The molecule has 1 aromatic heterocycles. The first-order valence-corrected chi connectivity index (χ1v) is 14.8. The molecule has 0 amide bonds. The number of pyridine rings is 1. The van der Waals surface area contributed by atoms with E-state index in [1.807, 2.05) is 43.9 Å². The summed E-state index contributed by atoms with van der Waals surface area (Å²) in [4.78, 5) is 40.6. The lowest BCUT2D eigenvalue weighted by molar-refractivity contribution is -0.137. The summed E-state index contributed by atoms with van der Waals surface area (Å²) in [6.45, 7) is 8.43. The summed E-state index contributed by atoms with van der Waals surface area (Å²) in [5, 5.41) is 9.75. The van der Waals surface area contributed by atoms with Gasteiger partial charge in [-0.15, -0.1) is 0 Å². The second-order valence-electron chi connectivity index (χ2n) is 11.7.